The lowest BCUT2D eigenvalue weighted by atomic mass is 9.95. The third-order valence-corrected chi connectivity index (χ3v) is 3.59. The largest absolute Gasteiger partial charge is 0.356 e. The number of rotatable bonds is 7. The molecule has 0 aromatic heterocycles. The van der Waals surface area contributed by atoms with E-state index in [1.807, 2.05) is 6.92 Å². The van der Waals surface area contributed by atoms with Crippen LogP contribution < -0.4 is 10.6 Å². The first-order valence-corrected chi connectivity index (χ1v) is 7.14. The average Bonchev–Trinajstić information content (AvgIpc) is 2.73. The molecule has 1 heterocycles. The van der Waals surface area contributed by atoms with E-state index >= 15 is 0 Å². The van der Waals surface area contributed by atoms with E-state index in [2.05, 4.69) is 31.1 Å². The van der Waals surface area contributed by atoms with E-state index in [0.29, 0.717) is 12.3 Å². The molecule has 2 N–H and O–H groups in total. The van der Waals surface area contributed by atoms with E-state index in [4.69, 9.17) is 0 Å². The molecule has 0 aromatic rings. The van der Waals surface area contributed by atoms with Gasteiger partial charge in [0, 0.05) is 24.4 Å². The maximum atomic E-state index is 12.0. The number of amides is 2. The number of carbonyl (C=O) groups excluding carboxylic acids is 2. The van der Waals surface area contributed by atoms with Gasteiger partial charge in [0.2, 0.25) is 11.8 Å². The average molecular weight is 266 g/mol. The molecule has 0 saturated carbocycles. The molecule has 1 rings (SSSR count). The molecular formula is C15H26N2O2. The Morgan fingerprint density at radius 2 is 2.21 bits per heavy atom. The van der Waals surface area contributed by atoms with Crippen molar-refractivity contribution in [2.75, 3.05) is 6.54 Å². The van der Waals surface area contributed by atoms with Gasteiger partial charge in [-0.3, -0.25) is 9.59 Å². The highest BCUT2D eigenvalue weighted by Crippen LogP contribution is 2.17. The number of carbonyl (C=O) groups is 2. The summed E-state index contributed by atoms with van der Waals surface area (Å²) in [5.74, 6) is 0.653. The summed E-state index contributed by atoms with van der Waals surface area (Å²) in [5, 5.41) is 5.80. The maximum absolute atomic E-state index is 12.0. The predicted molar refractivity (Wildman–Crippen MR) is 76.5 cm³/mol. The van der Waals surface area contributed by atoms with E-state index < -0.39 is 0 Å². The van der Waals surface area contributed by atoms with Crippen molar-refractivity contribution in [1.82, 2.24) is 10.6 Å². The van der Waals surface area contributed by atoms with Gasteiger partial charge in [-0.25, -0.2) is 0 Å². The standard InChI is InChI=1S/C15H26N2O2/c1-5-13(9-12-6-7-16-15(12)19)17-14(18)11(4)8-10(2)3/h5,10-13H,1,6-9H2,2-4H3,(H,16,19)(H,17,18)/t11-,12-,13+/m0/s1. The lowest BCUT2D eigenvalue weighted by Gasteiger charge is -2.20. The minimum atomic E-state index is -0.115. The Bertz CT molecular complexity index is 339. The quantitative estimate of drug-likeness (QED) is 0.691. The summed E-state index contributed by atoms with van der Waals surface area (Å²) < 4.78 is 0. The van der Waals surface area contributed by atoms with Crippen molar-refractivity contribution in [1.29, 1.82) is 0 Å². The zero-order chi connectivity index (χ0) is 14.4. The summed E-state index contributed by atoms with van der Waals surface area (Å²) in [6.07, 6.45) is 4.10. The second kappa shape index (κ2) is 7.31. The van der Waals surface area contributed by atoms with Crippen LogP contribution in [0.5, 0.6) is 0 Å². The van der Waals surface area contributed by atoms with Crippen LogP contribution in [0.2, 0.25) is 0 Å². The zero-order valence-electron chi connectivity index (χ0n) is 12.2. The van der Waals surface area contributed by atoms with Crippen LogP contribution in [0.4, 0.5) is 0 Å². The summed E-state index contributed by atoms with van der Waals surface area (Å²) in [4.78, 5) is 23.6. The summed E-state index contributed by atoms with van der Waals surface area (Å²) in [6.45, 7) is 10.7. The van der Waals surface area contributed by atoms with Crippen molar-refractivity contribution < 1.29 is 9.59 Å². The van der Waals surface area contributed by atoms with Gasteiger partial charge >= 0.3 is 0 Å². The van der Waals surface area contributed by atoms with E-state index in [-0.39, 0.29) is 29.7 Å². The Morgan fingerprint density at radius 1 is 1.53 bits per heavy atom. The highest BCUT2D eigenvalue weighted by atomic mass is 16.2. The lowest BCUT2D eigenvalue weighted by Crippen LogP contribution is -2.39. The van der Waals surface area contributed by atoms with Crippen LogP contribution in [0.15, 0.2) is 12.7 Å². The van der Waals surface area contributed by atoms with Gasteiger partial charge < -0.3 is 10.6 Å². The molecule has 0 bridgehead atoms. The Kier molecular flexibility index (Phi) is 6.06. The van der Waals surface area contributed by atoms with E-state index in [0.717, 1.165) is 19.4 Å². The lowest BCUT2D eigenvalue weighted by molar-refractivity contribution is -0.126. The van der Waals surface area contributed by atoms with E-state index in [1.54, 1.807) is 6.08 Å². The molecule has 1 aliphatic heterocycles. The van der Waals surface area contributed by atoms with Crippen LogP contribution >= 0.6 is 0 Å². The van der Waals surface area contributed by atoms with Crippen molar-refractivity contribution in [2.45, 2.75) is 46.1 Å². The minimum absolute atomic E-state index is 0.000135. The Labute approximate surface area is 116 Å². The molecule has 2 amide bonds. The molecule has 0 aromatic carbocycles. The third kappa shape index (κ3) is 5.05. The molecule has 1 fully saturated rings. The minimum Gasteiger partial charge on any atom is -0.356 e. The van der Waals surface area contributed by atoms with Gasteiger partial charge in [0.15, 0.2) is 0 Å². The Morgan fingerprint density at radius 3 is 2.68 bits per heavy atom. The van der Waals surface area contributed by atoms with E-state index in [9.17, 15) is 9.59 Å². The van der Waals surface area contributed by atoms with Gasteiger partial charge in [0.05, 0.1) is 0 Å². The third-order valence-electron chi connectivity index (χ3n) is 3.59. The second-order valence-electron chi connectivity index (χ2n) is 5.89. The van der Waals surface area contributed by atoms with Gasteiger partial charge in [0.25, 0.3) is 0 Å². The van der Waals surface area contributed by atoms with E-state index in [1.165, 1.54) is 0 Å². The fraction of sp³-hybridized carbons (Fsp3) is 0.733. The topological polar surface area (TPSA) is 58.2 Å². The summed E-state index contributed by atoms with van der Waals surface area (Å²) in [5.41, 5.74) is 0. The highest BCUT2D eigenvalue weighted by molar-refractivity contribution is 5.81. The van der Waals surface area contributed by atoms with Crippen molar-refractivity contribution in [3.05, 3.63) is 12.7 Å². The Balaban J connectivity index is 2.45. The van der Waals surface area contributed by atoms with Crippen molar-refractivity contribution >= 4 is 11.8 Å². The molecule has 108 valence electrons. The predicted octanol–water partition coefficient (Wildman–Crippen LogP) is 1.87. The van der Waals surface area contributed by atoms with Crippen molar-refractivity contribution in [3.8, 4) is 0 Å². The molecule has 0 aliphatic carbocycles. The normalized spacial score (nSPS) is 21.9. The van der Waals surface area contributed by atoms with Crippen LogP contribution in [-0.2, 0) is 9.59 Å². The van der Waals surface area contributed by atoms with Crippen molar-refractivity contribution in [2.24, 2.45) is 17.8 Å². The van der Waals surface area contributed by atoms with Crippen LogP contribution in [0.1, 0.15) is 40.0 Å². The number of nitrogens with one attached hydrogen (secondary N) is 2. The molecule has 1 saturated heterocycles. The summed E-state index contributed by atoms with van der Waals surface area (Å²) in [6, 6.07) is -0.115. The first-order chi connectivity index (χ1) is 8.93. The van der Waals surface area contributed by atoms with Crippen molar-refractivity contribution in [3.63, 3.8) is 0 Å². The molecule has 3 atom stereocenters. The summed E-state index contributed by atoms with van der Waals surface area (Å²) in [7, 11) is 0. The molecule has 1 aliphatic rings. The van der Waals surface area contributed by atoms with Crippen LogP contribution in [0.3, 0.4) is 0 Å². The fourth-order valence-corrected chi connectivity index (χ4v) is 2.53. The molecule has 4 nitrogen and oxygen atoms in total. The first kappa shape index (κ1) is 15.7. The SMILES string of the molecule is C=C[C@H](C[C@@H]1CCNC1=O)NC(=O)[C@@H](C)CC(C)C. The second-order valence-corrected chi connectivity index (χ2v) is 5.89. The fourth-order valence-electron chi connectivity index (χ4n) is 2.53. The highest BCUT2D eigenvalue weighted by Gasteiger charge is 2.27. The molecule has 19 heavy (non-hydrogen) atoms. The maximum Gasteiger partial charge on any atom is 0.223 e. The Hall–Kier alpha value is -1.32. The zero-order valence-corrected chi connectivity index (χ0v) is 12.2. The van der Waals surface area contributed by atoms with Crippen LogP contribution in [0, 0.1) is 17.8 Å². The molecule has 0 radical (unpaired) electrons. The van der Waals surface area contributed by atoms with Gasteiger partial charge in [-0.2, -0.15) is 0 Å². The van der Waals surface area contributed by atoms with Gasteiger partial charge in [-0.05, 0) is 25.2 Å². The van der Waals surface area contributed by atoms with Gasteiger partial charge in [-0.15, -0.1) is 6.58 Å². The van der Waals surface area contributed by atoms with Crippen LogP contribution in [0.25, 0.3) is 0 Å². The number of hydrogen-bond donors (Lipinski definition) is 2. The molecule has 0 unspecified atom stereocenters. The number of hydrogen-bond acceptors (Lipinski definition) is 2. The van der Waals surface area contributed by atoms with Gasteiger partial charge in [0.1, 0.15) is 0 Å². The molecular weight excluding hydrogens is 240 g/mol. The monoisotopic (exact) mass is 266 g/mol. The van der Waals surface area contributed by atoms with Crippen LogP contribution in [-0.4, -0.2) is 24.4 Å². The summed E-state index contributed by atoms with van der Waals surface area (Å²) >= 11 is 0. The van der Waals surface area contributed by atoms with Gasteiger partial charge in [-0.1, -0.05) is 26.8 Å². The molecule has 4 heteroatoms. The molecule has 0 spiro atoms. The smallest absolute Gasteiger partial charge is 0.223 e. The first-order valence-electron chi connectivity index (χ1n) is 7.14.